The van der Waals surface area contributed by atoms with E-state index in [2.05, 4.69) is 14.9 Å². The zero-order valence-corrected chi connectivity index (χ0v) is 38.6. The van der Waals surface area contributed by atoms with Gasteiger partial charge in [0.1, 0.15) is 11.4 Å². The third kappa shape index (κ3) is 17.6. The minimum Gasteiger partial charge on any atom is -0.334 e. The summed E-state index contributed by atoms with van der Waals surface area (Å²) in [6.45, 7) is 6.21. The Morgan fingerprint density at radius 3 is 1.46 bits per heavy atom. The van der Waals surface area contributed by atoms with E-state index in [1.165, 1.54) is 0 Å². The number of carbonyl (C=O) groups excluding carboxylic acids is 2. The number of rotatable bonds is 12. The van der Waals surface area contributed by atoms with E-state index in [-0.39, 0.29) is 37.3 Å². The smallest absolute Gasteiger partial charge is 0.334 e. The molecule has 2 saturated heterocycles. The summed E-state index contributed by atoms with van der Waals surface area (Å²) in [6, 6.07) is 14.3. The van der Waals surface area contributed by atoms with Gasteiger partial charge in [-0.2, -0.15) is 38.1 Å². The fourth-order valence-electron chi connectivity index (χ4n) is 6.87. The second-order valence-electron chi connectivity index (χ2n) is 16.5. The Morgan fingerprint density at radius 1 is 0.730 bits per heavy atom. The molecule has 0 unspecified atom stereocenters. The van der Waals surface area contributed by atoms with E-state index < -0.39 is 52.0 Å². The molecule has 0 bridgehead atoms. The van der Waals surface area contributed by atoms with E-state index in [4.69, 9.17) is 28.5 Å². The number of carbonyl (C=O) groups is 2. The third-order valence-corrected chi connectivity index (χ3v) is 13.7. The van der Waals surface area contributed by atoms with Crippen molar-refractivity contribution in [2.75, 3.05) is 49.2 Å². The van der Waals surface area contributed by atoms with Gasteiger partial charge < -0.3 is 9.80 Å². The van der Waals surface area contributed by atoms with Crippen LogP contribution in [0.1, 0.15) is 70.4 Å². The molecule has 348 valence electrons. The van der Waals surface area contributed by atoms with Gasteiger partial charge in [0, 0.05) is 69.7 Å². The lowest BCUT2D eigenvalue weighted by molar-refractivity contribution is -0.306. The maximum Gasteiger partial charge on any atom is 0.432 e. The lowest BCUT2D eigenvalue weighted by atomic mass is 9.98. The molecule has 6 rings (SSSR count). The van der Waals surface area contributed by atoms with Crippen LogP contribution in [0.4, 0.5) is 26.3 Å². The quantitative estimate of drug-likeness (QED) is 0.129. The van der Waals surface area contributed by atoms with Gasteiger partial charge in [-0.1, -0.05) is 59.6 Å². The molecule has 2 amide bonds. The first-order chi connectivity index (χ1) is 29.6. The summed E-state index contributed by atoms with van der Waals surface area (Å²) < 4.78 is 88.8. The molecule has 0 spiro atoms. The highest BCUT2D eigenvalue weighted by Gasteiger charge is 2.39. The summed E-state index contributed by atoms with van der Waals surface area (Å²) in [5.74, 6) is 3.62. The van der Waals surface area contributed by atoms with Gasteiger partial charge in [0.05, 0.1) is 18.7 Å². The van der Waals surface area contributed by atoms with Crippen LogP contribution < -0.4 is 0 Å². The number of benzene rings is 2. The van der Waals surface area contributed by atoms with Crippen LogP contribution >= 0.6 is 35.0 Å². The van der Waals surface area contributed by atoms with Gasteiger partial charge in [-0.3, -0.25) is 29.0 Å². The first kappa shape index (κ1) is 52.4. The maximum absolute atomic E-state index is 13.0. The molecule has 0 aromatic heterocycles. The van der Waals surface area contributed by atoms with E-state index in [9.17, 15) is 40.1 Å². The lowest BCUT2D eigenvalue weighted by Crippen LogP contribution is -2.35. The third-order valence-electron chi connectivity index (χ3n) is 10.5. The first-order valence-corrected chi connectivity index (χ1v) is 24.0. The van der Waals surface area contributed by atoms with Gasteiger partial charge in [0.25, 0.3) is 11.8 Å². The molecular formula is C44H54Cl2F6N4O5S2. The number of thioether (sulfide) groups is 1. The number of allylic oxidation sites excluding steroid dienone is 2. The monoisotopic (exact) mass is 966 g/mol. The van der Waals surface area contributed by atoms with Gasteiger partial charge in [-0.25, -0.2) is 4.89 Å². The fourth-order valence-corrected chi connectivity index (χ4v) is 9.87. The Hall–Kier alpha value is -3.22. The molecule has 0 radical (unpaired) electrons. The van der Waals surface area contributed by atoms with Gasteiger partial charge in [-0.15, -0.1) is 0 Å². The summed E-state index contributed by atoms with van der Waals surface area (Å²) in [5.41, 5.74) is -0.769. The van der Waals surface area contributed by atoms with Crippen molar-refractivity contribution in [3.05, 3.63) is 93.0 Å². The average Bonchev–Trinajstić information content (AvgIpc) is 3.96. The standard InChI is InChI=1S/C20H22ClF3N2O2S.C20H22ClF3N2OS.C4H10O2/c21-17-4-2-1-3-15(17)13-26(8-5-14-6-9-29(28)10-7-14)19(27)16-11-18(25-12-16)20(22,23)24;21-17-4-2-1-3-15(17)13-26(8-5-14-6-9-28-10-7-14)19(27)16-11-18(25-12-16)20(22,23)24;1-4(2,3)6-5/h1-4,11,14H,5-10,12-13H2;1-4,11,14H,5-10,12-13H2;5H,1-3H3. The zero-order valence-electron chi connectivity index (χ0n) is 35.5. The van der Waals surface area contributed by atoms with Crippen molar-refractivity contribution in [3.8, 4) is 0 Å². The molecule has 4 aliphatic heterocycles. The highest BCUT2D eigenvalue weighted by molar-refractivity contribution is 7.99. The van der Waals surface area contributed by atoms with E-state index in [1.807, 2.05) is 23.9 Å². The van der Waals surface area contributed by atoms with E-state index in [0.29, 0.717) is 52.9 Å². The second-order valence-corrected chi connectivity index (χ2v) is 20.2. The van der Waals surface area contributed by atoms with Crippen molar-refractivity contribution in [2.45, 2.75) is 90.3 Å². The van der Waals surface area contributed by atoms with Crippen molar-refractivity contribution in [2.24, 2.45) is 21.8 Å². The molecule has 63 heavy (non-hydrogen) atoms. The Kier molecular flexibility index (Phi) is 20.3. The van der Waals surface area contributed by atoms with Crippen molar-refractivity contribution < 1.29 is 50.3 Å². The summed E-state index contributed by atoms with van der Waals surface area (Å²) in [4.78, 5) is 40.0. The lowest BCUT2D eigenvalue weighted by Gasteiger charge is -2.27. The normalized spacial score (nSPS) is 19.4. The van der Waals surface area contributed by atoms with Crippen molar-refractivity contribution in [3.63, 3.8) is 0 Å². The van der Waals surface area contributed by atoms with Crippen LogP contribution in [0.3, 0.4) is 0 Å². The fraction of sp³-hybridized carbons (Fsp3) is 0.545. The minimum atomic E-state index is -4.56. The zero-order chi connectivity index (χ0) is 46.4. The molecule has 0 saturated carbocycles. The van der Waals surface area contributed by atoms with Crippen LogP contribution in [0.25, 0.3) is 0 Å². The van der Waals surface area contributed by atoms with Gasteiger partial charge in [-0.05, 0) is 118 Å². The Labute approximate surface area is 381 Å². The molecule has 0 atom stereocenters. The van der Waals surface area contributed by atoms with Crippen LogP contribution in [0.15, 0.2) is 81.8 Å². The Bertz CT molecular complexity index is 2010. The SMILES string of the molecule is CC(C)(C)OO.O=C(C1=CC(C(F)(F)F)=NC1)N(CCC1CCS(=O)CC1)Cc1ccccc1Cl.O=C(C1=CC(C(F)(F)F)=NC1)N(CCC1CCSCC1)Cc1ccccc1Cl. The van der Waals surface area contributed by atoms with Gasteiger partial charge in [0.2, 0.25) is 0 Å². The highest BCUT2D eigenvalue weighted by Crippen LogP contribution is 2.30. The van der Waals surface area contributed by atoms with E-state index in [1.54, 1.807) is 67.0 Å². The largest absolute Gasteiger partial charge is 0.432 e. The van der Waals surface area contributed by atoms with Crippen LogP contribution in [0.2, 0.25) is 10.0 Å². The number of alkyl halides is 6. The number of hydrogen-bond acceptors (Lipinski definition) is 8. The number of amides is 2. The predicted octanol–water partition coefficient (Wildman–Crippen LogP) is 10.6. The molecule has 19 heteroatoms. The first-order valence-electron chi connectivity index (χ1n) is 20.6. The molecule has 2 aromatic rings. The predicted molar refractivity (Wildman–Crippen MR) is 240 cm³/mol. The summed E-state index contributed by atoms with van der Waals surface area (Å²) in [6.07, 6.45) is -1.92. The van der Waals surface area contributed by atoms with Crippen molar-refractivity contribution >= 4 is 69.0 Å². The Morgan fingerprint density at radius 2 is 1.11 bits per heavy atom. The molecule has 0 aliphatic carbocycles. The van der Waals surface area contributed by atoms with E-state index in [0.717, 1.165) is 66.9 Å². The van der Waals surface area contributed by atoms with Crippen LogP contribution in [-0.4, -0.2) is 110 Å². The van der Waals surface area contributed by atoms with E-state index >= 15 is 0 Å². The van der Waals surface area contributed by atoms with Crippen LogP contribution in [-0.2, 0) is 38.4 Å². The number of aliphatic imine (C=N–C) groups is 2. The molecule has 2 fully saturated rings. The van der Waals surface area contributed by atoms with Gasteiger partial charge in [0.15, 0.2) is 0 Å². The maximum atomic E-state index is 13.0. The number of hydrogen-bond donors (Lipinski definition) is 1. The summed E-state index contributed by atoms with van der Waals surface area (Å²) >= 11 is 14.4. The highest BCUT2D eigenvalue weighted by atomic mass is 35.5. The summed E-state index contributed by atoms with van der Waals surface area (Å²) in [7, 11) is -0.762. The number of nitrogens with zero attached hydrogens (tertiary/aromatic N) is 4. The van der Waals surface area contributed by atoms with Crippen LogP contribution in [0, 0.1) is 11.8 Å². The summed E-state index contributed by atoms with van der Waals surface area (Å²) in [5, 5.41) is 8.95. The topological polar surface area (TPSA) is 112 Å². The molecule has 9 nitrogen and oxygen atoms in total. The van der Waals surface area contributed by atoms with Crippen LogP contribution in [0.5, 0.6) is 0 Å². The number of halogens is 8. The average molecular weight is 968 g/mol. The molecule has 2 aromatic carbocycles. The molecule has 4 heterocycles. The van der Waals surface area contributed by atoms with Crippen molar-refractivity contribution in [1.82, 2.24) is 9.80 Å². The van der Waals surface area contributed by atoms with Crippen molar-refractivity contribution in [1.29, 1.82) is 0 Å². The molecular weight excluding hydrogens is 914 g/mol. The van der Waals surface area contributed by atoms with Gasteiger partial charge >= 0.3 is 12.4 Å². The Balaban J connectivity index is 0.000000245. The minimum absolute atomic E-state index is 0.0362. The molecule has 4 aliphatic rings. The molecule has 1 N–H and O–H groups in total. The second kappa shape index (κ2) is 24.3.